The van der Waals surface area contributed by atoms with Crippen LogP contribution in [0.25, 0.3) is 10.9 Å². The maximum absolute atomic E-state index is 6.28. The van der Waals surface area contributed by atoms with E-state index in [9.17, 15) is 0 Å². The maximum Gasteiger partial charge on any atom is 0.512 e. The number of fused-ring (bicyclic) bond motifs is 1. The second kappa shape index (κ2) is 4.62. The van der Waals surface area contributed by atoms with Gasteiger partial charge in [-0.2, -0.15) is 0 Å². The van der Waals surface area contributed by atoms with E-state index >= 15 is 0 Å². The molecule has 1 aliphatic carbocycles. The Bertz CT molecular complexity index is 699. The molecule has 2 aromatic rings. The number of hydrogen-bond donors (Lipinski definition) is 0. The maximum atomic E-state index is 6.28. The van der Waals surface area contributed by atoms with Crippen LogP contribution in [0.3, 0.4) is 0 Å². The van der Waals surface area contributed by atoms with Crippen LogP contribution in [-0.4, -0.2) is 22.9 Å². The topological polar surface area (TPSA) is 23.4 Å². The third-order valence-corrected chi connectivity index (χ3v) is 5.48. The van der Waals surface area contributed by atoms with E-state index in [2.05, 4.69) is 62.6 Å². The van der Waals surface area contributed by atoms with Crippen molar-refractivity contribution in [1.82, 2.24) is 4.57 Å². The molecule has 1 aliphatic heterocycles. The monoisotopic (exact) mass is 297 g/mol. The lowest BCUT2D eigenvalue weighted by molar-refractivity contribution is 0.00578. The van der Waals surface area contributed by atoms with Crippen molar-refractivity contribution in [3.63, 3.8) is 0 Å². The van der Waals surface area contributed by atoms with Gasteiger partial charge in [-0.05, 0) is 64.0 Å². The van der Waals surface area contributed by atoms with Gasteiger partial charge in [0.25, 0.3) is 0 Å². The van der Waals surface area contributed by atoms with Crippen LogP contribution in [0.4, 0.5) is 0 Å². The fraction of sp³-hybridized carbons (Fsp3) is 0.556. The first-order valence-electron chi connectivity index (χ1n) is 8.31. The average Bonchev–Trinajstić information content (AvgIpc) is 3.13. The summed E-state index contributed by atoms with van der Waals surface area (Å²) in [5.41, 5.74) is 1.86. The molecule has 0 spiro atoms. The second-order valence-electron chi connectivity index (χ2n) is 7.77. The molecule has 3 nitrogen and oxygen atoms in total. The molecule has 0 amide bonds. The summed E-state index contributed by atoms with van der Waals surface area (Å²) in [5, 5.41) is 1.27. The molecule has 0 radical (unpaired) electrons. The van der Waals surface area contributed by atoms with Gasteiger partial charge in [-0.1, -0.05) is 18.2 Å². The Kier molecular flexibility index (Phi) is 3.01. The summed E-state index contributed by atoms with van der Waals surface area (Å²) in [7, 11) is -0.281. The highest BCUT2D eigenvalue weighted by Crippen LogP contribution is 2.37. The summed E-state index contributed by atoms with van der Waals surface area (Å²) < 4.78 is 15.0. The van der Waals surface area contributed by atoms with Gasteiger partial charge in [0.1, 0.15) is 0 Å². The normalized spacial score (nSPS) is 23.4. The van der Waals surface area contributed by atoms with Crippen LogP contribution in [0.15, 0.2) is 30.3 Å². The molecule has 116 valence electrons. The molecule has 0 unspecified atom stereocenters. The minimum Gasteiger partial charge on any atom is -0.398 e. The lowest BCUT2D eigenvalue weighted by Crippen LogP contribution is -2.41. The zero-order valence-corrected chi connectivity index (χ0v) is 13.9. The number of rotatable bonds is 3. The van der Waals surface area contributed by atoms with Gasteiger partial charge in [-0.3, -0.25) is 0 Å². The van der Waals surface area contributed by atoms with Gasteiger partial charge in [0.2, 0.25) is 0 Å². The smallest absolute Gasteiger partial charge is 0.398 e. The second-order valence-corrected chi connectivity index (χ2v) is 7.77. The van der Waals surface area contributed by atoms with Crippen LogP contribution in [0.5, 0.6) is 0 Å². The van der Waals surface area contributed by atoms with Gasteiger partial charge in [0.05, 0.1) is 11.2 Å². The number of benzene rings is 1. The zero-order valence-electron chi connectivity index (χ0n) is 13.9. The molecule has 1 aromatic carbocycles. The minimum absolute atomic E-state index is 0.281. The Morgan fingerprint density at radius 1 is 1.09 bits per heavy atom. The Labute approximate surface area is 132 Å². The lowest BCUT2D eigenvalue weighted by Gasteiger charge is -2.32. The van der Waals surface area contributed by atoms with Gasteiger partial charge >= 0.3 is 7.12 Å². The molecule has 2 fully saturated rings. The number of nitrogens with zero attached hydrogens (tertiary/aromatic N) is 1. The van der Waals surface area contributed by atoms with Crippen LogP contribution < -0.4 is 5.59 Å². The van der Waals surface area contributed by atoms with Crippen molar-refractivity contribution < 1.29 is 9.31 Å². The third-order valence-electron chi connectivity index (χ3n) is 5.48. The molecular formula is C18H24BNO2. The van der Waals surface area contributed by atoms with Crippen molar-refractivity contribution in [2.75, 3.05) is 0 Å². The molecule has 4 heteroatoms. The van der Waals surface area contributed by atoms with Crippen molar-refractivity contribution in [3.05, 3.63) is 30.3 Å². The molecule has 0 bridgehead atoms. The Balaban J connectivity index is 1.78. The van der Waals surface area contributed by atoms with Crippen LogP contribution in [0.1, 0.15) is 40.5 Å². The largest absolute Gasteiger partial charge is 0.512 e. The summed E-state index contributed by atoms with van der Waals surface area (Å²) in [6.45, 7) is 9.52. The summed E-state index contributed by atoms with van der Waals surface area (Å²) >= 11 is 0. The van der Waals surface area contributed by atoms with Crippen LogP contribution in [0.2, 0.25) is 0 Å². The molecule has 2 aliphatic rings. The van der Waals surface area contributed by atoms with Crippen molar-refractivity contribution in [2.45, 2.75) is 58.3 Å². The molecule has 1 saturated carbocycles. The highest BCUT2D eigenvalue weighted by atomic mass is 16.7. The summed E-state index contributed by atoms with van der Waals surface area (Å²) in [6.07, 6.45) is 2.69. The summed E-state index contributed by atoms with van der Waals surface area (Å²) in [4.78, 5) is 0. The SMILES string of the molecule is CC1(C)OB(c2cc3ccccc3n2CC2CC2)OC1(C)C. The van der Waals surface area contributed by atoms with Gasteiger partial charge in [0.15, 0.2) is 0 Å². The average molecular weight is 297 g/mol. The minimum atomic E-state index is -0.293. The number of hydrogen-bond acceptors (Lipinski definition) is 2. The van der Waals surface area contributed by atoms with E-state index in [1.807, 2.05) is 0 Å². The zero-order chi connectivity index (χ0) is 15.5. The van der Waals surface area contributed by atoms with Crippen LogP contribution >= 0.6 is 0 Å². The van der Waals surface area contributed by atoms with E-state index in [4.69, 9.17) is 9.31 Å². The van der Waals surface area contributed by atoms with Gasteiger partial charge in [0, 0.05) is 17.7 Å². The van der Waals surface area contributed by atoms with Crippen LogP contribution in [0, 0.1) is 5.92 Å². The van der Waals surface area contributed by atoms with E-state index < -0.39 is 0 Å². The number of aromatic nitrogens is 1. The van der Waals surface area contributed by atoms with Gasteiger partial charge in [-0.25, -0.2) is 0 Å². The van der Waals surface area contributed by atoms with E-state index in [-0.39, 0.29) is 18.3 Å². The fourth-order valence-corrected chi connectivity index (χ4v) is 3.15. The molecule has 4 rings (SSSR count). The molecule has 1 saturated heterocycles. The first-order valence-corrected chi connectivity index (χ1v) is 8.31. The Morgan fingerprint density at radius 3 is 2.36 bits per heavy atom. The molecule has 1 aromatic heterocycles. The molecule has 0 atom stereocenters. The lowest BCUT2D eigenvalue weighted by atomic mass is 9.84. The van der Waals surface area contributed by atoms with Crippen LogP contribution in [-0.2, 0) is 15.9 Å². The number of para-hydroxylation sites is 1. The van der Waals surface area contributed by atoms with Gasteiger partial charge < -0.3 is 13.9 Å². The molecule has 2 heterocycles. The van der Waals surface area contributed by atoms with Crippen molar-refractivity contribution in [2.24, 2.45) is 5.92 Å². The quantitative estimate of drug-likeness (QED) is 0.811. The highest BCUT2D eigenvalue weighted by Gasteiger charge is 2.52. The van der Waals surface area contributed by atoms with E-state index in [0.29, 0.717) is 0 Å². The fourth-order valence-electron chi connectivity index (χ4n) is 3.15. The van der Waals surface area contributed by atoms with Crippen molar-refractivity contribution in [3.8, 4) is 0 Å². The van der Waals surface area contributed by atoms with Gasteiger partial charge in [-0.15, -0.1) is 0 Å². The standard InChI is InChI=1S/C18H24BNO2/c1-17(2)18(3,4)22-19(21-17)16-11-14-7-5-6-8-15(14)20(16)12-13-9-10-13/h5-8,11,13H,9-10,12H2,1-4H3. The Morgan fingerprint density at radius 2 is 1.73 bits per heavy atom. The molecule has 0 N–H and O–H groups in total. The third kappa shape index (κ3) is 2.20. The first kappa shape index (κ1) is 14.3. The predicted octanol–water partition coefficient (Wildman–Crippen LogP) is 3.35. The first-order chi connectivity index (χ1) is 10.4. The predicted molar refractivity (Wildman–Crippen MR) is 90.4 cm³/mol. The summed E-state index contributed by atoms with van der Waals surface area (Å²) in [6, 6.07) is 10.8. The van der Waals surface area contributed by atoms with Crippen molar-refractivity contribution in [1.29, 1.82) is 0 Å². The Hall–Kier alpha value is -1.26. The molecule has 22 heavy (non-hydrogen) atoms. The van der Waals surface area contributed by atoms with E-state index in [0.717, 1.165) is 18.1 Å². The molecular weight excluding hydrogens is 273 g/mol. The van der Waals surface area contributed by atoms with Crippen molar-refractivity contribution >= 4 is 23.6 Å². The summed E-state index contributed by atoms with van der Waals surface area (Å²) in [5.74, 6) is 0.817. The van der Waals surface area contributed by atoms with E-state index in [1.54, 1.807) is 0 Å². The van der Waals surface area contributed by atoms with E-state index in [1.165, 1.54) is 23.7 Å². The highest BCUT2D eigenvalue weighted by molar-refractivity contribution is 6.61.